The van der Waals surface area contributed by atoms with Gasteiger partial charge in [-0.3, -0.25) is 14.5 Å². The highest BCUT2D eigenvalue weighted by Gasteiger charge is 2.47. The Morgan fingerprint density at radius 2 is 1.61 bits per heavy atom. The lowest BCUT2D eigenvalue weighted by Crippen LogP contribution is -2.29. The first-order valence-electron chi connectivity index (χ1n) is 12.1. The minimum Gasteiger partial charge on any atom is -0.507 e. The minimum atomic E-state index is -0.770. The molecule has 1 amide bonds. The SMILES string of the molecule is Cc1cccc(C2/C(=C(/O)c3ccc4c(c3)OCO4)C(=O)C(=O)N2c2ccc(N3CCCC3)cc2)c1. The van der Waals surface area contributed by atoms with Gasteiger partial charge >= 0.3 is 0 Å². The molecule has 36 heavy (non-hydrogen) atoms. The third kappa shape index (κ3) is 3.68. The summed E-state index contributed by atoms with van der Waals surface area (Å²) < 4.78 is 10.8. The van der Waals surface area contributed by atoms with Crippen LogP contribution in [-0.2, 0) is 9.59 Å². The quantitative estimate of drug-likeness (QED) is 0.322. The van der Waals surface area contributed by atoms with Crippen molar-refractivity contribution in [3.05, 3.63) is 89.0 Å². The van der Waals surface area contributed by atoms with Crippen LogP contribution >= 0.6 is 0 Å². The van der Waals surface area contributed by atoms with Crippen LogP contribution in [0.25, 0.3) is 5.76 Å². The molecule has 0 radical (unpaired) electrons. The molecule has 1 atom stereocenters. The van der Waals surface area contributed by atoms with Gasteiger partial charge in [-0.05, 0) is 67.8 Å². The Balaban J connectivity index is 1.47. The van der Waals surface area contributed by atoms with E-state index in [0.29, 0.717) is 22.7 Å². The van der Waals surface area contributed by atoms with E-state index in [4.69, 9.17) is 9.47 Å². The third-order valence-electron chi connectivity index (χ3n) is 7.05. The van der Waals surface area contributed by atoms with E-state index in [1.165, 1.54) is 17.7 Å². The summed E-state index contributed by atoms with van der Waals surface area (Å²) in [6.07, 6.45) is 2.34. The average Bonchev–Trinajstić information content (AvgIpc) is 3.64. The molecule has 0 spiro atoms. The predicted octanol–water partition coefficient (Wildman–Crippen LogP) is 4.95. The van der Waals surface area contributed by atoms with E-state index >= 15 is 0 Å². The standard InChI is InChI=1S/C29H26N2O5/c1-18-5-4-6-19(15-18)26-25(27(32)20-7-12-23-24(16-20)36-17-35-23)28(33)29(34)31(26)22-10-8-21(9-11-22)30-13-2-3-14-30/h4-12,15-16,26,32H,2-3,13-14,17H2,1H3/b27-25-. The van der Waals surface area contributed by atoms with Gasteiger partial charge in [-0.2, -0.15) is 0 Å². The van der Waals surface area contributed by atoms with E-state index < -0.39 is 17.7 Å². The number of hydrogen-bond acceptors (Lipinski definition) is 6. The summed E-state index contributed by atoms with van der Waals surface area (Å²) in [5.74, 6) is -0.578. The highest BCUT2D eigenvalue weighted by Crippen LogP contribution is 2.44. The summed E-state index contributed by atoms with van der Waals surface area (Å²) in [5.41, 5.74) is 3.88. The number of carbonyl (C=O) groups is 2. The number of nitrogens with zero attached hydrogens (tertiary/aromatic N) is 2. The molecule has 6 rings (SSSR count). The second-order valence-electron chi connectivity index (χ2n) is 9.36. The van der Waals surface area contributed by atoms with Crippen LogP contribution in [0.2, 0.25) is 0 Å². The van der Waals surface area contributed by atoms with Gasteiger partial charge in [0.1, 0.15) is 5.76 Å². The molecular formula is C29H26N2O5. The van der Waals surface area contributed by atoms with E-state index in [1.807, 2.05) is 55.5 Å². The average molecular weight is 483 g/mol. The second-order valence-corrected chi connectivity index (χ2v) is 9.36. The smallest absolute Gasteiger partial charge is 0.300 e. The van der Waals surface area contributed by atoms with E-state index in [9.17, 15) is 14.7 Å². The number of aliphatic hydroxyl groups excluding tert-OH is 1. The molecule has 0 saturated carbocycles. The highest BCUT2D eigenvalue weighted by atomic mass is 16.7. The molecule has 2 fully saturated rings. The van der Waals surface area contributed by atoms with Crippen LogP contribution in [-0.4, -0.2) is 36.7 Å². The summed E-state index contributed by atoms with van der Waals surface area (Å²) in [6, 6.07) is 19.6. The fraction of sp³-hybridized carbons (Fsp3) is 0.241. The molecule has 1 unspecified atom stereocenters. The molecule has 3 aromatic carbocycles. The first-order valence-corrected chi connectivity index (χ1v) is 12.1. The number of aliphatic hydroxyl groups is 1. The van der Waals surface area contributed by atoms with Crippen LogP contribution in [0.1, 0.15) is 35.6 Å². The first kappa shape index (κ1) is 22.2. The van der Waals surface area contributed by atoms with Gasteiger partial charge in [-0.15, -0.1) is 0 Å². The van der Waals surface area contributed by atoms with E-state index in [1.54, 1.807) is 18.2 Å². The summed E-state index contributed by atoms with van der Waals surface area (Å²) in [6.45, 7) is 4.09. The maximum absolute atomic E-state index is 13.4. The molecule has 2 saturated heterocycles. The molecule has 0 aliphatic carbocycles. The maximum Gasteiger partial charge on any atom is 0.300 e. The van der Waals surface area contributed by atoms with Crippen LogP contribution in [0.4, 0.5) is 11.4 Å². The lowest BCUT2D eigenvalue weighted by Gasteiger charge is -2.26. The Bertz CT molecular complexity index is 1390. The Morgan fingerprint density at radius 1 is 0.889 bits per heavy atom. The Kier molecular flexibility index (Phi) is 5.40. The van der Waals surface area contributed by atoms with Crippen molar-refractivity contribution in [2.24, 2.45) is 0 Å². The summed E-state index contributed by atoms with van der Waals surface area (Å²) in [5, 5.41) is 11.4. The van der Waals surface area contributed by atoms with Crippen LogP contribution in [0.3, 0.4) is 0 Å². The number of Topliss-reactive ketones (excluding diaryl/α,β-unsaturated/α-hetero) is 1. The van der Waals surface area contributed by atoms with Crippen molar-refractivity contribution >= 4 is 28.8 Å². The molecule has 7 heteroatoms. The molecule has 1 N–H and O–H groups in total. The van der Waals surface area contributed by atoms with E-state index in [0.717, 1.165) is 29.9 Å². The predicted molar refractivity (Wildman–Crippen MR) is 136 cm³/mol. The van der Waals surface area contributed by atoms with Gasteiger partial charge in [0, 0.05) is 30.0 Å². The fourth-order valence-electron chi connectivity index (χ4n) is 5.25. The molecule has 7 nitrogen and oxygen atoms in total. The topological polar surface area (TPSA) is 79.3 Å². The monoisotopic (exact) mass is 482 g/mol. The molecule has 0 bridgehead atoms. The Morgan fingerprint density at radius 3 is 2.36 bits per heavy atom. The molecule has 3 aliphatic heterocycles. The number of aryl methyl sites for hydroxylation is 1. The van der Waals surface area contributed by atoms with Gasteiger partial charge in [0.2, 0.25) is 6.79 Å². The number of ether oxygens (including phenoxy) is 2. The summed E-state index contributed by atoms with van der Waals surface area (Å²) in [7, 11) is 0. The zero-order valence-electron chi connectivity index (χ0n) is 19.9. The Labute approximate surface area is 209 Å². The van der Waals surface area contributed by atoms with Crippen LogP contribution < -0.4 is 19.3 Å². The molecular weight excluding hydrogens is 456 g/mol. The van der Waals surface area contributed by atoms with Gasteiger partial charge in [-0.25, -0.2) is 0 Å². The van der Waals surface area contributed by atoms with Crippen molar-refractivity contribution in [3.63, 3.8) is 0 Å². The maximum atomic E-state index is 13.4. The summed E-state index contributed by atoms with van der Waals surface area (Å²) in [4.78, 5) is 30.6. The number of benzene rings is 3. The molecule has 182 valence electrons. The second kappa shape index (κ2) is 8.75. The zero-order chi connectivity index (χ0) is 24.8. The lowest BCUT2D eigenvalue weighted by atomic mass is 9.94. The number of hydrogen-bond donors (Lipinski definition) is 1. The van der Waals surface area contributed by atoms with Crippen LogP contribution in [0.15, 0.2) is 72.3 Å². The van der Waals surface area contributed by atoms with Crippen LogP contribution in [0, 0.1) is 6.92 Å². The zero-order valence-corrected chi connectivity index (χ0v) is 19.9. The van der Waals surface area contributed by atoms with Gasteiger partial charge < -0.3 is 19.5 Å². The highest BCUT2D eigenvalue weighted by molar-refractivity contribution is 6.51. The van der Waals surface area contributed by atoms with Crippen molar-refractivity contribution in [1.29, 1.82) is 0 Å². The lowest BCUT2D eigenvalue weighted by molar-refractivity contribution is -0.132. The van der Waals surface area contributed by atoms with Crippen molar-refractivity contribution in [2.45, 2.75) is 25.8 Å². The van der Waals surface area contributed by atoms with E-state index in [2.05, 4.69) is 4.90 Å². The van der Waals surface area contributed by atoms with Crippen LogP contribution in [0.5, 0.6) is 11.5 Å². The summed E-state index contributed by atoms with van der Waals surface area (Å²) >= 11 is 0. The number of amides is 1. The first-order chi connectivity index (χ1) is 17.5. The van der Waals surface area contributed by atoms with Crippen molar-refractivity contribution in [2.75, 3.05) is 29.7 Å². The van der Waals surface area contributed by atoms with Crippen molar-refractivity contribution in [1.82, 2.24) is 0 Å². The van der Waals surface area contributed by atoms with Gasteiger partial charge in [-0.1, -0.05) is 29.8 Å². The largest absolute Gasteiger partial charge is 0.507 e. The minimum absolute atomic E-state index is 0.0492. The number of ketones is 1. The number of anilines is 2. The van der Waals surface area contributed by atoms with Gasteiger partial charge in [0.15, 0.2) is 11.5 Å². The number of fused-ring (bicyclic) bond motifs is 1. The van der Waals surface area contributed by atoms with Crippen molar-refractivity contribution in [3.8, 4) is 11.5 Å². The number of carbonyl (C=O) groups excluding carboxylic acids is 2. The third-order valence-corrected chi connectivity index (χ3v) is 7.05. The Hall–Kier alpha value is -4.26. The molecule has 3 heterocycles. The van der Waals surface area contributed by atoms with E-state index in [-0.39, 0.29) is 18.1 Å². The van der Waals surface area contributed by atoms with Gasteiger partial charge in [0.25, 0.3) is 11.7 Å². The molecule has 3 aliphatic rings. The molecule has 0 aromatic heterocycles. The molecule has 3 aromatic rings. The normalized spacial score (nSPS) is 20.4. The van der Waals surface area contributed by atoms with Gasteiger partial charge in [0.05, 0.1) is 11.6 Å². The van der Waals surface area contributed by atoms with Crippen molar-refractivity contribution < 1.29 is 24.2 Å². The number of rotatable bonds is 4. The fourth-order valence-corrected chi connectivity index (χ4v) is 5.25.